The zero-order valence-corrected chi connectivity index (χ0v) is 8.05. The van der Waals surface area contributed by atoms with Crippen LogP contribution in [0.5, 0.6) is 0 Å². The number of carbonyl (C=O) groups is 1. The van der Waals surface area contributed by atoms with E-state index in [-0.39, 0.29) is 11.3 Å². The third-order valence-corrected chi connectivity index (χ3v) is 3.86. The summed E-state index contributed by atoms with van der Waals surface area (Å²) in [5.41, 5.74) is 1.22. The standard InChI is InChI=1S/C11H16O/c1-7-4-5-11(3)8(2)6-9(7)10(11)12/h6-7,9H,4-5H2,1-3H3/t7-,9-,11-/m0/s1. The fraction of sp³-hybridized carbons (Fsp3) is 0.727. The second-order valence-electron chi connectivity index (χ2n) is 4.59. The molecule has 0 aliphatic heterocycles. The Morgan fingerprint density at radius 1 is 1.58 bits per heavy atom. The minimum absolute atomic E-state index is 0.0861. The summed E-state index contributed by atoms with van der Waals surface area (Å²) in [5, 5.41) is 0. The Hall–Kier alpha value is -0.590. The van der Waals surface area contributed by atoms with Crippen molar-refractivity contribution in [1.82, 2.24) is 0 Å². The second-order valence-corrected chi connectivity index (χ2v) is 4.59. The molecule has 0 aromatic heterocycles. The minimum atomic E-state index is -0.0861. The van der Waals surface area contributed by atoms with E-state index in [1.54, 1.807) is 0 Å². The number of allylic oxidation sites excluding steroid dienone is 2. The SMILES string of the molecule is CC1=C[C@@H]2C(=O)[C@@]1(C)CC[C@@H]2C. The van der Waals surface area contributed by atoms with Gasteiger partial charge in [-0.25, -0.2) is 0 Å². The molecule has 0 saturated heterocycles. The molecule has 0 aromatic rings. The summed E-state index contributed by atoms with van der Waals surface area (Å²) >= 11 is 0. The van der Waals surface area contributed by atoms with E-state index >= 15 is 0 Å². The highest BCUT2D eigenvalue weighted by Gasteiger charge is 2.48. The molecule has 1 nitrogen and oxygen atoms in total. The van der Waals surface area contributed by atoms with Crippen LogP contribution in [0.2, 0.25) is 0 Å². The van der Waals surface area contributed by atoms with Crippen molar-refractivity contribution in [3.05, 3.63) is 11.6 Å². The van der Waals surface area contributed by atoms with E-state index in [1.807, 2.05) is 0 Å². The van der Waals surface area contributed by atoms with Crippen molar-refractivity contribution in [3.63, 3.8) is 0 Å². The molecule has 2 aliphatic rings. The van der Waals surface area contributed by atoms with Gasteiger partial charge in [-0.15, -0.1) is 0 Å². The molecule has 1 fully saturated rings. The summed E-state index contributed by atoms with van der Waals surface area (Å²) in [5.74, 6) is 1.28. The smallest absolute Gasteiger partial charge is 0.149 e. The molecule has 2 bridgehead atoms. The van der Waals surface area contributed by atoms with Gasteiger partial charge < -0.3 is 0 Å². The molecule has 0 amide bonds. The first-order valence-electron chi connectivity index (χ1n) is 4.79. The molecular formula is C11H16O. The maximum Gasteiger partial charge on any atom is 0.149 e. The van der Waals surface area contributed by atoms with Gasteiger partial charge in [-0.3, -0.25) is 4.79 Å². The first-order chi connectivity index (χ1) is 5.55. The molecule has 1 saturated carbocycles. The molecule has 0 heterocycles. The lowest BCUT2D eigenvalue weighted by atomic mass is 9.69. The molecule has 12 heavy (non-hydrogen) atoms. The Bertz CT molecular complexity index is 264. The Labute approximate surface area is 73.8 Å². The number of fused-ring (bicyclic) bond motifs is 2. The topological polar surface area (TPSA) is 17.1 Å². The average Bonchev–Trinajstić information content (AvgIpc) is 2.17. The third kappa shape index (κ3) is 0.769. The molecule has 0 N–H and O–H groups in total. The first-order valence-corrected chi connectivity index (χ1v) is 4.79. The molecule has 66 valence electrons. The zero-order chi connectivity index (χ0) is 8.93. The Kier molecular flexibility index (Phi) is 1.48. The van der Waals surface area contributed by atoms with E-state index in [9.17, 15) is 4.79 Å². The Morgan fingerprint density at radius 3 is 2.83 bits per heavy atom. The van der Waals surface area contributed by atoms with E-state index in [4.69, 9.17) is 0 Å². The van der Waals surface area contributed by atoms with E-state index in [1.165, 1.54) is 12.0 Å². The first kappa shape index (κ1) is 8.03. The number of Topliss-reactive ketones (excluding diaryl/α,β-unsaturated/α-hetero) is 1. The highest BCUT2D eigenvalue weighted by atomic mass is 16.1. The molecule has 0 unspecified atom stereocenters. The number of carbonyl (C=O) groups excluding carboxylic acids is 1. The van der Waals surface area contributed by atoms with Crippen LogP contribution in [0.3, 0.4) is 0 Å². The van der Waals surface area contributed by atoms with Crippen molar-refractivity contribution >= 4 is 5.78 Å². The van der Waals surface area contributed by atoms with Crippen molar-refractivity contribution in [3.8, 4) is 0 Å². The molecule has 0 radical (unpaired) electrons. The van der Waals surface area contributed by atoms with Gasteiger partial charge in [0, 0.05) is 11.3 Å². The monoisotopic (exact) mass is 164 g/mol. The molecule has 3 atom stereocenters. The maximum atomic E-state index is 11.9. The summed E-state index contributed by atoms with van der Waals surface area (Å²) in [7, 11) is 0. The van der Waals surface area contributed by atoms with E-state index in [0.29, 0.717) is 11.7 Å². The van der Waals surface area contributed by atoms with E-state index in [0.717, 1.165) is 6.42 Å². The molecule has 1 heteroatoms. The summed E-state index contributed by atoms with van der Waals surface area (Å²) in [6.45, 7) is 6.40. The molecule has 0 spiro atoms. The van der Waals surface area contributed by atoms with Crippen LogP contribution in [0.15, 0.2) is 11.6 Å². The van der Waals surface area contributed by atoms with Crippen LogP contribution in [-0.2, 0) is 4.79 Å². The summed E-state index contributed by atoms with van der Waals surface area (Å²) in [6.07, 6.45) is 4.46. The lowest BCUT2D eigenvalue weighted by Gasteiger charge is -2.33. The number of hydrogen-bond acceptors (Lipinski definition) is 1. The largest absolute Gasteiger partial charge is 0.298 e. The quantitative estimate of drug-likeness (QED) is 0.503. The van der Waals surface area contributed by atoms with Crippen molar-refractivity contribution in [2.45, 2.75) is 33.6 Å². The summed E-state index contributed by atoms with van der Waals surface area (Å²) in [4.78, 5) is 11.9. The Balaban J connectivity index is 2.43. The number of ketones is 1. The van der Waals surface area contributed by atoms with Crippen LogP contribution in [0.1, 0.15) is 33.6 Å². The predicted molar refractivity (Wildman–Crippen MR) is 48.8 cm³/mol. The van der Waals surface area contributed by atoms with Crippen LogP contribution in [0.4, 0.5) is 0 Å². The molecular weight excluding hydrogens is 148 g/mol. The second kappa shape index (κ2) is 2.21. The Morgan fingerprint density at radius 2 is 2.25 bits per heavy atom. The van der Waals surface area contributed by atoms with Crippen LogP contribution in [0, 0.1) is 17.3 Å². The fourth-order valence-electron chi connectivity index (χ4n) is 2.53. The van der Waals surface area contributed by atoms with Gasteiger partial charge in [0.1, 0.15) is 5.78 Å². The summed E-state index contributed by atoms with van der Waals surface area (Å²) < 4.78 is 0. The minimum Gasteiger partial charge on any atom is -0.298 e. The number of hydrogen-bond donors (Lipinski definition) is 0. The van der Waals surface area contributed by atoms with Gasteiger partial charge in [0.2, 0.25) is 0 Å². The lowest BCUT2D eigenvalue weighted by molar-refractivity contribution is -0.131. The maximum absolute atomic E-state index is 11.9. The van der Waals surface area contributed by atoms with Gasteiger partial charge in [0.15, 0.2) is 0 Å². The van der Waals surface area contributed by atoms with Gasteiger partial charge in [0.25, 0.3) is 0 Å². The van der Waals surface area contributed by atoms with Gasteiger partial charge in [-0.1, -0.05) is 18.6 Å². The van der Waals surface area contributed by atoms with Crippen molar-refractivity contribution in [2.24, 2.45) is 17.3 Å². The van der Waals surface area contributed by atoms with Crippen LogP contribution < -0.4 is 0 Å². The average molecular weight is 164 g/mol. The molecule has 0 aromatic carbocycles. The predicted octanol–water partition coefficient (Wildman–Crippen LogP) is 2.57. The molecule has 2 rings (SSSR count). The van der Waals surface area contributed by atoms with E-state index in [2.05, 4.69) is 26.8 Å². The zero-order valence-electron chi connectivity index (χ0n) is 8.05. The van der Waals surface area contributed by atoms with Crippen LogP contribution >= 0.6 is 0 Å². The number of rotatable bonds is 0. The lowest BCUT2D eigenvalue weighted by Crippen LogP contribution is -2.35. The van der Waals surface area contributed by atoms with Crippen molar-refractivity contribution in [1.29, 1.82) is 0 Å². The highest BCUT2D eigenvalue weighted by Crippen LogP contribution is 2.49. The van der Waals surface area contributed by atoms with Crippen molar-refractivity contribution < 1.29 is 4.79 Å². The highest BCUT2D eigenvalue weighted by molar-refractivity contribution is 5.95. The van der Waals surface area contributed by atoms with E-state index < -0.39 is 0 Å². The van der Waals surface area contributed by atoms with Gasteiger partial charge in [0.05, 0.1) is 0 Å². The van der Waals surface area contributed by atoms with Gasteiger partial charge >= 0.3 is 0 Å². The summed E-state index contributed by atoms with van der Waals surface area (Å²) in [6, 6.07) is 0. The van der Waals surface area contributed by atoms with Gasteiger partial charge in [-0.2, -0.15) is 0 Å². The fourth-order valence-corrected chi connectivity index (χ4v) is 2.53. The molecule has 2 aliphatic carbocycles. The van der Waals surface area contributed by atoms with Crippen LogP contribution in [-0.4, -0.2) is 5.78 Å². The normalized spacial score (nSPS) is 46.2. The van der Waals surface area contributed by atoms with Crippen LogP contribution in [0.25, 0.3) is 0 Å². The van der Waals surface area contributed by atoms with Gasteiger partial charge in [-0.05, 0) is 32.6 Å². The van der Waals surface area contributed by atoms with Crippen molar-refractivity contribution in [2.75, 3.05) is 0 Å². The third-order valence-electron chi connectivity index (χ3n) is 3.86.